The molecule has 0 aromatic rings. The predicted molar refractivity (Wildman–Crippen MR) is 47.1 cm³/mol. The van der Waals surface area contributed by atoms with Crippen LogP contribution in [0.4, 0.5) is 8.78 Å². The lowest BCUT2D eigenvalue weighted by molar-refractivity contribution is 0.187. The number of hydrogen-bond donors (Lipinski definition) is 2. The molecule has 0 aliphatic carbocycles. The summed E-state index contributed by atoms with van der Waals surface area (Å²) in [7, 11) is -4.81. The summed E-state index contributed by atoms with van der Waals surface area (Å²) >= 11 is 0. The maximum atomic E-state index is 12.5. The van der Waals surface area contributed by atoms with Crippen molar-refractivity contribution in [3.8, 4) is 0 Å². The summed E-state index contributed by atoms with van der Waals surface area (Å²) in [4.78, 5) is 0. The van der Waals surface area contributed by atoms with Gasteiger partial charge in [-0.1, -0.05) is 6.92 Å². The third-order valence-electron chi connectivity index (χ3n) is 2.43. The fraction of sp³-hybridized carbons (Fsp3) is 1.00. The molecule has 0 radical (unpaired) electrons. The van der Waals surface area contributed by atoms with Gasteiger partial charge in [0, 0.05) is 6.61 Å². The van der Waals surface area contributed by atoms with E-state index in [1.807, 2.05) is 0 Å². The molecule has 7 heteroatoms. The van der Waals surface area contributed by atoms with E-state index in [0.29, 0.717) is 0 Å². The van der Waals surface area contributed by atoms with Gasteiger partial charge in [-0.3, -0.25) is 4.55 Å². The molecule has 0 saturated carbocycles. The van der Waals surface area contributed by atoms with Crippen molar-refractivity contribution in [2.75, 3.05) is 20.0 Å². The summed E-state index contributed by atoms with van der Waals surface area (Å²) in [6.45, 7) is -2.14. The van der Waals surface area contributed by atoms with Crippen LogP contribution in [0.1, 0.15) is 13.3 Å². The van der Waals surface area contributed by atoms with Crippen molar-refractivity contribution in [2.24, 2.45) is 5.92 Å². The molecule has 0 amide bonds. The van der Waals surface area contributed by atoms with E-state index in [0.717, 1.165) is 0 Å². The van der Waals surface area contributed by atoms with E-state index in [1.54, 1.807) is 0 Å². The van der Waals surface area contributed by atoms with Crippen LogP contribution in [0, 0.1) is 5.92 Å². The summed E-state index contributed by atoms with van der Waals surface area (Å²) < 4.78 is 53.0. The Kier molecular flexibility index (Phi) is 4.90. The lowest BCUT2D eigenvalue weighted by atomic mass is 9.92. The zero-order chi connectivity index (χ0) is 11.4. The minimum Gasteiger partial charge on any atom is -0.396 e. The monoisotopic (exact) mass is 232 g/mol. The van der Waals surface area contributed by atoms with Gasteiger partial charge in [0.1, 0.15) is 13.3 Å². The highest BCUT2D eigenvalue weighted by Crippen LogP contribution is 2.30. The van der Waals surface area contributed by atoms with Gasteiger partial charge in [-0.2, -0.15) is 8.42 Å². The second-order valence-corrected chi connectivity index (χ2v) is 4.98. The van der Waals surface area contributed by atoms with Crippen molar-refractivity contribution < 1.29 is 26.9 Å². The van der Waals surface area contributed by atoms with Crippen molar-refractivity contribution in [1.29, 1.82) is 0 Å². The van der Waals surface area contributed by atoms with E-state index >= 15 is 0 Å². The Hall–Kier alpha value is -0.270. The Bertz CT molecular complexity index is 261. The van der Waals surface area contributed by atoms with Crippen LogP contribution < -0.4 is 0 Å². The van der Waals surface area contributed by atoms with E-state index < -0.39 is 40.7 Å². The van der Waals surface area contributed by atoms with Gasteiger partial charge in [-0.05, 0) is 12.3 Å². The molecule has 0 spiro atoms. The summed E-state index contributed by atoms with van der Waals surface area (Å²) in [5.41, 5.74) is 0. The summed E-state index contributed by atoms with van der Waals surface area (Å²) in [5, 5.41) is 8.54. The van der Waals surface area contributed by atoms with Crippen molar-refractivity contribution in [3.63, 3.8) is 0 Å². The number of aliphatic hydroxyl groups excluding tert-OH is 1. The molecule has 0 aromatic heterocycles. The normalized spacial score (nSPS) is 15.5. The van der Waals surface area contributed by atoms with Crippen molar-refractivity contribution in [3.05, 3.63) is 0 Å². The molecule has 1 unspecified atom stereocenters. The lowest BCUT2D eigenvalue weighted by Crippen LogP contribution is -2.49. The third-order valence-corrected chi connectivity index (χ3v) is 4.07. The average molecular weight is 232 g/mol. The smallest absolute Gasteiger partial charge is 0.276 e. The van der Waals surface area contributed by atoms with Crippen molar-refractivity contribution in [2.45, 2.75) is 18.1 Å². The zero-order valence-electron chi connectivity index (χ0n) is 7.78. The van der Waals surface area contributed by atoms with E-state index in [2.05, 4.69) is 0 Å². The number of alkyl halides is 2. The highest BCUT2D eigenvalue weighted by Gasteiger charge is 2.48. The fourth-order valence-corrected chi connectivity index (χ4v) is 2.05. The van der Waals surface area contributed by atoms with Crippen molar-refractivity contribution in [1.82, 2.24) is 0 Å². The fourth-order valence-electron chi connectivity index (χ4n) is 1.15. The summed E-state index contributed by atoms with van der Waals surface area (Å²) in [6.07, 6.45) is -0.0897. The van der Waals surface area contributed by atoms with Crippen molar-refractivity contribution >= 4 is 10.1 Å². The average Bonchev–Trinajstić information content (AvgIpc) is 2.05. The van der Waals surface area contributed by atoms with Crippen LogP contribution in [-0.4, -0.2) is 42.8 Å². The van der Waals surface area contributed by atoms with Crippen LogP contribution in [0.3, 0.4) is 0 Å². The van der Waals surface area contributed by atoms with Crippen LogP contribution in [0.2, 0.25) is 0 Å². The minimum atomic E-state index is -4.81. The molecule has 14 heavy (non-hydrogen) atoms. The lowest BCUT2D eigenvalue weighted by Gasteiger charge is -2.30. The molecule has 2 N–H and O–H groups in total. The second kappa shape index (κ2) is 4.99. The summed E-state index contributed by atoms with van der Waals surface area (Å²) in [6, 6.07) is 0. The Morgan fingerprint density at radius 1 is 1.36 bits per heavy atom. The molecule has 0 aliphatic heterocycles. The molecular weight excluding hydrogens is 218 g/mol. The zero-order valence-corrected chi connectivity index (χ0v) is 8.60. The standard InChI is InChI=1S/C7H14F2O4S/c1-6(2-3-10)7(4-8,5-9)14(11,12)13/h6,10H,2-5H2,1H3,(H,11,12,13). The highest BCUT2D eigenvalue weighted by molar-refractivity contribution is 7.87. The molecule has 0 saturated heterocycles. The van der Waals surface area contributed by atoms with Crippen LogP contribution in [0.25, 0.3) is 0 Å². The van der Waals surface area contributed by atoms with E-state index in [9.17, 15) is 17.2 Å². The quantitative estimate of drug-likeness (QED) is 0.656. The topological polar surface area (TPSA) is 74.6 Å². The van der Waals surface area contributed by atoms with Gasteiger partial charge >= 0.3 is 0 Å². The van der Waals surface area contributed by atoms with Crippen LogP contribution in [-0.2, 0) is 10.1 Å². The van der Waals surface area contributed by atoms with E-state index in [1.165, 1.54) is 6.92 Å². The van der Waals surface area contributed by atoms with Gasteiger partial charge in [0.15, 0.2) is 4.75 Å². The van der Waals surface area contributed by atoms with Gasteiger partial charge in [0.25, 0.3) is 10.1 Å². The Morgan fingerprint density at radius 2 is 1.79 bits per heavy atom. The maximum absolute atomic E-state index is 12.5. The molecular formula is C7H14F2O4S. The first-order chi connectivity index (χ1) is 6.35. The molecule has 0 aromatic carbocycles. The molecule has 0 fully saturated rings. The van der Waals surface area contributed by atoms with Gasteiger partial charge in [0.05, 0.1) is 0 Å². The van der Waals surface area contributed by atoms with Crippen LogP contribution in [0.5, 0.6) is 0 Å². The minimum absolute atomic E-state index is 0.0897. The maximum Gasteiger partial charge on any atom is 0.276 e. The first-order valence-corrected chi connectivity index (χ1v) is 5.49. The Morgan fingerprint density at radius 3 is 2.00 bits per heavy atom. The van der Waals surface area contributed by atoms with E-state index in [4.69, 9.17) is 9.66 Å². The number of halogens is 2. The second-order valence-electron chi connectivity index (χ2n) is 3.22. The third kappa shape index (κ3) is 2.40. The first kappa shape index (κ1) is 13.7. The molecule has 0 aliphatic rings. The molecule has 0 heterocycles. The van der Waals surface area contributed by atoms with Crippen LogP contribution >= 0.6 is 0 Å². The highest BCUT2D eigenvalue weighted by atomic mass is 32.2. The first-order valence-electron chi connectivity index (χ1n) is 4.05. The SMILES string of the molecule is CC(CCO)C(CF)(CF)S(=O)(=O)O. The number of rotatable bonds is 6. The summed E-state index contributed by atoms with van der Waals surface area (Å²) in [5.74, 6) is -0.988. The molecule has 1 atom stereocenters. The Balaban J connectivity index is 5.08. The van der Waals surface area contributed by atoms with E-state index in [-0.39, 0.29) is 6.42 Å². The van der Waals surface area contributed by atoms with Gasteiger partial charge in [-0.25, -0.2) is 8.78 Å². The van der Waals surface area contributed by atoms with Gasteiger partial charge in [0.2, 0.25) is 0 Å². The largest absolute Gasteiger partial charge is 0.396 e. The molecule has 86 valence electrons. The molecule has 0 rings (SSSR count). The Labute approximate surface area is 81.7 Å². The molecule has 0 bridgehead atoms. The number of aliphatic hydroxyl groups is 1. The van der Waals surface area contributed by atoms with Gasteiger partial charge in [-0.15, -0.1) is 0 Å². The van der Waals surface area contributed by atoms with Gasteiger partial charge < -0.3 is 5.11 Å². The number of hydrogen-bond acceptors (Lipinski definition) is 3. The molecule has 4 nitrogen and oxygen atoms in total. The predicted octanol–water partition coefficient (Wildman–Crippen LogP) is 0.571. The van der Waals surface area contributed by atoms with Crippen LogP contribution in [0.15, 0.2) is 0 Å².